The van der Waals surface area contributed by atoms with Crippen LogP contribution in [0.2, 0.25) is 0 Å². The van der Waals surface area contributed by atoms with Crippen LogP contribution in [0.15, 0.2) is 10.4 Å². The molecule has 4 rings (SSSR count). The maximum atomic E-state index is 4.81. The first-order valence-corrected chi connectivity index (χ1v) is 10.3. The monoisotopic (exact) mass is 347 g/mol. The number of hydrogen-bond donors (Lipinski definition) is 1. The molecule has 0 bridgehead atoms. The van der Waals surface area contributed by atoms with Crippen LogP contribution in [0.1, 0.15) is 44.2 Å². The minimum Gasteiger partial charge on any atom is -0.356 e. The van der Waals surface area contributed by atoms with Crippen LogP contribution < -0.4 is 10.2 Å². The van der Waals surface area contributed by atoms with E-state index in [0.717, 1.165) is 25.5 Å². The van der Waals surface area contributed by atoms with Crippen LogP contribution in [0.5, 0.6) is 0 Å². The summed E-state index contributed by atoms with van der Waals surface area (Å²) in [5, 5.41) is 6.98. The Labute approximate surface area is 149 Å². The quantitative estimate of drug-likeness (QED) is 0.672. The maximum absolute atomic E-state index is 4.81. The van der Waals surface area contributed by atoms with Gasteiger partial charge in [-0.3, -0.25) is 4.99 Å². The number of thiazole rings is 1. The van der Waals surface area contributed by atoms with Gasteiger partial charge in [0.1, 0.15) is 0 Å². The fraction of sp³-hybridized carbons (Fsp3) is 0.778. The minimum absolute atomic E-state index is 0.622. The summed E-state index contributed by atoms with van der Waals surface area (Å²) in [6, 6.07) is 0. The Morgan fingerprint density at radius 1 is 1.25 bits per heavy atom. The van der Waals surface area contributed by atoms with Crippen molar-refractivity contribution in [3.05, 3.63) is 11.1 Å². The van der Waals surface area contributed by atoms with Gasteiger partial charge in [0, 0.05) is 51.6 Å². The fourth-order valence-corrected chi connectivity index (χ4v) is 5.21. The summed E-state index contributed by atoms with van der Waals surface area (Å²) in [5.74, 6) is 1.08. The SMILES string of the molecule is CN=C(NCCc1csc(N2CCCC2)n1)N1CCC2(CCC2)C1. The number of nitrogens with zero attached hydrogens (tertiary/aromatic N) is 4. The molecule has 1 aliphatic carbocycles. The van der Waals surface area contributed by atoms with E-state index in [1.807, 2.05) is 7.05 Å². The van der Waals surface area contributed by atoms with Gasteiger partial charge in [-0.15, -0.1) is 11.3 Å². The van der Waals surface area contributed by atoms with Crippen molar-refractivity contribution in [3.8, 4) is 0 Å². The Balaban J connectivity index is 1.25. The second-order valence-corrected chi connectivity index (χ2v) is 8.40. The average Bonchev–Trinajstić information content (AvgIpc) is 3.30. The fourth-order valence-electron chi connectivity index (χ4n) is 4.30. The lowest BCUT2D eigenvalue weighted by atomic mass is 9.68. The van der Waals surface area contributed by atoms with Gasteiger partial charge in [0.2, 0.25) is 0 Å². The molecule has 0 amide bonds. The first kappa shape index (κ1) is 16.2. The molecule has 3 aliphatic rings. The van der Waals surface area contributed by atoms with E-state index in [1.165, 1.54) is 69.0 Å². The van der Waals surface area contributed by atoms with Crippen LogP contribution in [0, 0.1) is 5.41 Å². The Morgan fingerprint density at radius 3 is 2.75 bits per heavy atom. The summed E-state index contributed by atoms with van der Waals surface area (Å²) >= 11 is 1.79. The number of likely N-dealkylation sites (tertiary alicyclic amines) is 1. The Bertz CT molecular complexity index is 586. The van der Waals surface area contributed by atoms with Crippen LogP contribution in [0.4, 0.5) is 5.13 Å². The summed E-state index contributed by atoms with van der Waals surface area (Å²) in [5.41, 5.74) is 1.83. The molecule has 3 fully saturated rings. The van der Waals surface area contributed by atoms with E-state index in [2.05, 4.69) is 25.5 Å². The van der Waals surface area contributed by atoms with Crippen LogP contribution in [0.25, 0.3) is 0 Å². The van der Waals surface area contributed by atoms with E-state index < -0.39 is 0 Å². The smallest absolute Gasteiger partial charge is 0.193 e. The zero-order valence-electron chi connectivity index (χ0n) is 14.8. The van der Waals surface area contributed by atoms with Crippen molar-refractivity contribution in [2.45, 2.75) is 44.9 Å². The maximum Gasteiger partial charge on any atom is 0.193 e. The van der Waals surface area contributed by atoms with E-state index in [-0.39, 0.29) is 0 Å². The summed E-state index contributed by atoms with van der Waals surface area (Å²) in [6.07, 6.45) is 9.19. The normalized spacial score (nSPS) is 23.1. The van der Waals surface area contributed by atoms with E-state index in [1.54, 1.807) is 11.3 Å². The average molecular weight is 348 g/mol. The van der Waals surface area contributed by atoms with Crippen molar-refractivity contribution in [2.24, 2.45) is 10.4 Å². The van der Waals surface area contributed by atoms with Crippen molar-refractivity contribution in [1.29, 1.82) is 0 Å². The van der Waals surface area contributed by atoms with E-state index in [0.29, 0.717) is 5.41 Å². The molecule has 1 N–H and O–H groups in total. The summed E-state index contributed by atoms with van der Waals surface area (Å²) in [6.45, 7) is 5.63. The molecule has 6 heteroatoms. The van der Waals surface area contributed by atoms with Gasteiger partial charge in [-0.25, -0.2) is 4.98 Å². The highest BCUT2D eigenvalue weighted by Gasteiger charge is 2.43. The van der Waals surface area contributed by atoms with E-state index >= 15 is 0 Å². The number of rotatable bonds is 4. The second kappa shape index (κ2) is 6.90. The van der Waals surface area contributed by atoms with Crippen molar-refractivity contribution >= 4 is 22.4 Å². The molecule has 0 radical (unpaired) electrons. The predicted molar refractivity (Wildman–Crippen MR) is 101 cm³/mol. The topological polar surface area (TPSA) is 43.8 Å². The second-order valence-electron chi connectivity index (χ2n) is 7.56. The van der Waals surface area contributed by atoms with Crippen LogP contribution in [0.3, 0.4) is 0 Å². The van der Waals surface area contributed by atoms with Crippen molar-refractivity contribution in [3.63, 3.8) is 0 Å². The van der Waals surface area contributed by atoms with Crippen molar-refractivity contribution < 1.29 is 0 Å². The Kier molecular flexibility index (Phi) is 4.66. The van der Waals surface area contributed by atoms with Gasteiger partial charge in [-0.1, -0.05) is 6.42 Å². The molecule has 1 aromatic rings. The van der Waals surface area contributed by atoms with Gasteiger partial charge in [0.25, 0.3) is 0 Å². The molecular formula is C18H29N5S. The summed E-state index contributed by atoms with van der Waals surface area (Å²) in [7, 11) is 1.91. The van der Waals surface area contributed by atoms with Gasteiger partial charge < -0.3 is 15.1 Å². The first-order valence-electron chi connectivity index (χ1n) is 9.43. The molecule has 3 heterocycles. The molecule has 5 nitrogen and oxygen atoms in total. The van der Waals surface area contributed by atoms with Crippen LogP contribution in [-0.4, -0.2) is 55.6 Å². The zero-order valence-corrected chi connectivity index (χ0v) is 15.6. The van der Waals surface area contributed by atoms with Gasteiger partial charge in [-0.05, 0) is 37.5 Å². The third-order valence-corrected chi connectivity index (χ3v) is 6.89. The number of hydrogen-bond acceptors (Lipinski definition) is 4. The predicted octanol–water partition coefficient (Wildman–Crippen LogP) is 2.74. The van der Waals surface area contributed by atoms with Crippen LogP contribution in [-0.2, 0) is 6.42 Å². The molecule has 0 aromatic carbocycles. The van der Waals surface area contributed by atoms with E-state index in [9.17, 15) is 0 Å². The lowest BCUT2D eigenvalue weighted by Gasteiger charge is -2.38. The lowest BCUT2D eigenvalue weighted by molar-refractivity contribution is 0.151. The van der Waals surface area contributed by atoms with Gasteiger partial charge in [-0.2, -0.15) is 0 Å². The molecule has 1 spiro atoms. The van der Waals surface area contributed by atoms with Crippen LogP contribution >= 0.6 is 11.3 Å². The summed E-state index contributed by atoms with van der Waals surface area (Å²) < 4.78 is 0. The highest BCUT2D eigenvalue weighted by molar-refractivity contribution is 7.13. The number of nitrogens with one attached hydrogen (secondary N) is 1. The van der Waals surface area contributed by atoms with Gasteiger partial charge in [0.15, 0.2) is 11.1 Å². The van der Waals surface area contributed by atoms with Crippen molar-refractivity contribution in [1.82, 2.24) is 15.2 Å². The first-order chi connectivity index (χ1) is 11.8. The molecule has 0 atom stereocenters. The standard InChI is InChI=1S/C18H29N5S/c1-19-16(23-12-8-18(14-23)6-4-7-18)20-9-5-15-13-24-17(21-15)22-10-2-3-11-22/h13H,2-12,14H2,1H3,(H,19,20). The molecule has 2 aliphatic heterocycles. The van der Waals surface area contributed by atoms with Crippen molar-refractivity contribution in [2.75, 3.05) is 44.7 Å². The molecule has 1 aromatic heterocycles. The molecule has 24 heavy (non-hydrogen) atoms. The Morgan fingerprint density at radius 2 is 2.08 bits per heavy atom. The third kappa shape index (κ3) is 3.25. The van der Waals surface area contributed by atoms with Gasteiger partial charge in [0.05, 0.1) is 5.69 Å². The molecular weight excluding hydrogens is 318 g/mol. The highest BCUT2D eigenvalue weighted by Crippen LogP contribution is 2.47. The zero-order chi connectivity index (χ0) is 16.4. The van der Waals surface area contributed by atoms with Gasteiger partial charge >= 0.3 is 0 Å². The number of aromatic nitrogens is 1. The largest absolute Gasteiger partial charge is 0.356 e. The Hall–Kier alpha value is -1.30. The molecule has 0 unspecified atom stereocenters. The number of guanidine groups is 1. The summed E-state index contributed by atoms with van der Waals surface area (Å²) in [4.78, 5) is 14.2. The molecule has 2 saturated heterocycles. The third-order valence-electron chi connectivity index (χ3n) is 5.94. The highest BCUT2D eigenvalue weighted by atomic mass is 32.1. The van der Waals surface area contributed by atoms with E-state index in [4.69, 9.17) is 4.98 Å². The molecule has 1 saturated carbocycles. The minimum atomic E-state index is 0.622. The number of aliphatic imine (C=N–C) groups is 1. The number of anilines is 1. The lowest BCUT2D eigenvalue weighted by Crippen LogP contribution is -2.43. The molecule has 132 valence electrons.